The standard InChI is InChI=1S/C10H10ClN3S/c1-7-12-13-10(15)14(7)6-8-2-4-9(11)5-3-8/h2-5H,6H2,1H3,(H,13,15). The van der Waals surface area contributed by atoms with E-state index in [9.17, 15) is 0 Å². The minimum Gasteiger partial charge on any atom is -0.300 e. The van der Waals surface area contributed by atoms with Gasteiger partial charge in [0.05, 0.1) is 6.54 Å². The highest BCUT2D eigenvalue weighted by atomic mass is 35.5. The van der Waals surface area contributed by atoms with E-state index in [0.717, 1.165) is 23.0 Å². The molecule has 0 radical (unpaired) electrons. The smallest absolute Gasteiger partial charge is 0.195 e. The second kappa shape index (κ2) is 4.16. The van der Waals surface area contributed by atoms with E-state index in [1.807, 2.05) is 35.8 Å². The first-order valence-electron chi connectivity index (χ1n) is 4.53. The molecule has 0 unspecified atom stereocenters. The van der Waals surface area contributed by atoms with Crippen molar-refractivity contribution < 1.29 is 0 Å². The van der Waals surface area contributed by atoms with Gasteiger partial charge in [-0.25, -0.2) is 0 Å². The number of aromatic nitrogens is 3. The molecule has 0 saturated heterocycles. The van der Waals surface area contributed by atoms with Crippen LogP contribution in [0, 0.1) is 11.7 Å². The number of nitrogens with zero attached hydrogens (tertiary/aromatic N) is 2. The van der Waals surface area contributed by atoms with E-state index in [-0.39, 0.29) is 0 Å². The van der Waals surface area contributed by atoms with Crippen LogP contribution in [0.4, 0.5) is 0 Å². The molecule has 0 aliphatic heterocycles. The first kappa shape index (κ1) is 10.4. The molecule has 0 aliphatic rings. The molecule has 0 bridgehead atoms. The Morgan fingerprint density at radius 1 is 1.40 bits per heavy atom. The van der Waals surface area contributed by atoms with Crippen molar-refractivity contribution in [1.82, 2.24) is 14.8 Å². The Labute approximate surface area is 97.7 Å². The SMILES string of the molecule is Cc1n[nH]c(=S)n1Cc1ccc(Cl)cc1. The molecular weight excluding hydrogens is 230 g/mol. The van der Waals surface area contributed by atoms with Crippen molar-refractivity contribution in [2.45, 2.75) is 13.5 Å². The largest absolute Gasteiger partial charge is 0.300 e. The first-order valence-corrected chi connectivity index (χ1v) is 5.31. The van der Waals surface area contributed by atoms with Gasteiger partial charge in [-0.05, 0) is 36.8 Å². The fourth-order valence-electron chi connectivity index (χ4n) is 1.35. The lowest BCUT2D eigenvalue weighted by Crippen LogP contribution is -2.01. The van der Waals surface area contributed by atoms with Crippen LogP contribution < -0.4 is 0 Å². The van der Waals surface area contributed by atoms with Gasteiger partial charge in [0.15, 0.2) is 4.77 Å². The highest BCUT2D eigenvalue weighted by molar-refractivity contribution is 7.71. The lowest BCUT2D eigenvalue weighted by molar-refractivity contribution is 0.751. The molecule has 1 heterocycles. The van der Waals surface area contributed by atoms with Gasteiger partial charge < -0.3 is 0 Å². The topological polar surface area (TPSA) is 33.6 Å². The maximum atomic E-state index is 5.81. The molecular formula is C10H10ClN3S. The van der Waals surface area contributed by atoms with Crippen LogP contribution >= 0.6 is 23.8 Å². The number of nitrogens with one attached hydrogen (secondary N) is 1. The second-order valence-corrected chi connectivity index (χ2v) is 4.11. The minimum atomic E-state index is 0.641. The van der Waals surface area contributed by atoms with Gasteiger partial charge in [0.2, 0.25) is 0 Å². The summed E-state index contributed by atoms with van der Waals surface area (Å²) >= 11 is 10.9. The second-order valence-electron chi connectivity index (χ2n) is 3.29. The highest BCUT2D eigenvalue weighted by Gasteiger charge is 2.01. The lowest BCUT2D eigenvalue weighted by Gasteiger charge is -2.03. The fourth-order valence-corrected chi connectivity index (χ4v) is 1.72. The van der Waals surface area contributed by atoms with Crippen LogP contribution in [0.15, 0.2) is 24.3 Å². The van der Waals surface area contributed by atoms with Crippen LogP contribution in [0.5, 0.6) is 0 Å². The predicted molar refractivity (Wildman–Crippen MR) is 62.7 cm³/mol. The van der Waals surface area contributed by atoms with Crippen LogP contribution in [-0.2, 0) is 6.54 Å². The van der Waals surface area contributed by atoms with Gasteiger partial charge in [-0.2, -0.15) is 5.10 Å². The van der Waals surface area contributed by atoms with E-state index in [1.54, 1.807) is 0 Å². The quantitative estimate of drug-likeness (QED) is 0.818. The van der Waals surface area contributed by atoms with Crippen LogP contribution in [0.2, 0.25) is 5.02 Å². The normalized spacial score (nSPS) is 10.5. The Hall–Kier alpha value is -1.13. The van der Waals surface area contributed by atoms with Gasteiger partial charge in [-0.15, -0.1) is 0 Å². The van der Waals surface area contributed by atoms with Crippen molar-refractivity contribution in [3.63, 3.8) is 0 Å². The van der Waals surface area contributed by atoms with Crippen LogP contribution in [0.1, 0.15) is 11.4 Å². The number of rotatable bonds is 2. The zero-order valence-corrected chi connectivity index (χ0v) is 9.77. The van der Waals surface area contributed by atoms with Crippen LogP contribution in [-0.4, -0.2) is 14.8 Å². The van der Waals surface area contributed by atoms with Gasteiger partial charge in [-0.1, -0.05) is 23.7 Å². The number of aromatic amines is 1. The molecule has 3 nitrogen and oxygen atoms in total. The van der Waals surface area contributed by atoms with E-state index in [0.29, 0.717) is 4.77 Å². The van der Waals surface area contributed by atoms with Crippen LogP contribution in [0.25, 0.3) is 0 Å². The lowest BCUT2D eigenvalue weighted by atomic mass is 10.2. The third kappa shape index (κ3) is 2.27. The van der Waals surface area contributed by atoms with Crippen molar-refractivity contribution >= 4 is 23.8 Å². The fraction of sp³-hybridized carbons (Fsp3) is 0.200. The summed E-state index contributed by atoms with van der Waals surface area (Å²) in [7, 11) is 0. The summed E-state index contributed by atoms with van der Waals surface area (Å²) in [5.41, 5.74) is 1.15. The number of H-pyrrole nitrogens is 1. The van der Waals surface area contributed by atoms with Gasteiger partial charge >= 0.3 is 0 Å². The number of halogens is 1. The Bertz CT molecular complexity index is 512. The first-order chi connectivity index (χ1) is 7.16. The molecule has 78 valence electrons. The average Bonchev–Trinajstić information content (AvgIpc) is 2.53. The van der Waals surface area contributed by atoms with E-state index in [2.05, 4.69) is 10.2 Å². The maximum absolute atomic E-state index is 5.81. The van der Waals surface area contributed by atoms with E-state index < -0.39 is 0 Å². The molecule has 2 aromatic rings. The Morgan fingerprint density at radius 2 is 2.07 bits per heavy atom. The molecule has 1 aromatic carbocycles. The van der Waals surface area contributed by atoms with Gasteiger partial charge in [0, 0.05) is 5.02 Å². The summed E-state index contributed by atoms with van der Waals surface area (Å²) in [4.78, 5) is 0. The number of aryl methyl sites for hydroxylation is 1. The Balaban J connectivity index is 2.29. The van der Waals surface area contributed by atoms with Crippen LogP contribution in [0.3, 0.4) is 0 Å². The summed E-state index contributed by atoms with van der Waals surface area (Å²) < 4.78 is 2.58. The molecule has 0 atom stereocenters. The van der Waals surface area contributed by atoms with Crippen molar-refractivity contribution in [3.05, 3.63) is 45.4 Å². The number of benzene rings is 1. The number of hydrogen-bond donors (Lipinski definition) is 1. The van der Waals surface area contributed by atoms with Gasteiger partial charge in [0.1, 0.15) is 5.82 Å². The molecule has 0 aliphatic carbocycles. The third-order valence-corrected chi connectivity index (χ3v) is 2.77. The average molecular weight is 240 g/mol. The zero-order valence-electron chi connectivity index (χ0n) is 8.20. The van der Waals surface area contributed by atoms with E-state index in [4.69, 9.17) is 23.8 Å². The van der Waals surface area contributed by atoms with Crippen molar-refractivity contribution in [1.29, 1.82) is 0 Å². The Kier molecular flexibility index (Phi) is 2.88. The highest BCUT2D eigenvalue weighted by Crippen LogP contribution is 2.11. The molecule has 1 aromatic heterocycles. The summed E-state index contributed by atoms with van der Waals surface area (Å²) in [5, 5.41) is 7.55. The monoisotopic (exact) mass is 239 g/mol. The summed E-state index contributed by atoms with van der Waals surface area (Å²) in [6, 6.07) is 7.71. The van der Waals surface area contributed by atoms with Crippen molar-refractivity contribution in [2.24, 2.45) is 0 Å². The molecule has 0 saturated carbocycles. The van der Waals surface area contributed by atoms with Crippen molar-refractivity contribution in [3.8, 4) is 0 Å². The zero-order chi connectivity index (χ0) is 10.8. The summed E-state index contributed by atoms with van der Waals surface area (Å²) in [5.74, 6) is 0.884. The molecule has 1 N–H and O–H groups in total. The maximum Gasteiger partial charge on any atom is 0.195 e. The number of hydrogen-bond acceptors (Lipinski definition) is 2. The van der Waals surface area contributed by atoms with E-state index in [1.165, 1.54) is 0 Å². The third-order valence-electron chi connectivity index (χ3n) is 2.20. The minimum absolute atomic E-state index is 0.641. The molecule has 2 rings (SSSR count). The molecule has 5 heteroatoms. The molecule has 15 heavy (non-hydrogen) atoms. The Morgan fingerprint density at radius 3 is 2.60 bits per heavy atom. The van der Waals surface area contributed by atoms with Crippen molar-refractivity contribution in [2.75, 3.05) is 0 Å². The predicted octanol–water partition coefficient (Wildman–Crippen LogP) is 2.95. The molecule has 0 fully saturated rings. The van der Waals surface area contributed by atoms with E-state index >= 15 is 0 Å². The summed E-state index contributed by atoms with van der Waals surface area (Å²) in [6.45, 7) is 2.64. The summed E-state index contributed by atoms with van der Waals surface area (Å²) in [6.07, 6.45) is 0. The molecule has 0 amide bonds. The van der Waals surface area contributed by atoms with Gasteiger partial charge in [0.25, 0.3) is 0 Å². The van der Waals surface area contributed by atoms with Gasteiger partial charge in [-0.3, -0.25) is 9.67 Å². The molecule has 0 spiro atoms.